The number of likely N-dealkylation sites (tertiary alicyclic amines) is 1. The van der Waals surface area contributed by atoms with Gasteiger partial charge in [-0.05, 0) is 26.3 Å². The summed E-state index contributed by atoms with van der Waals surface area (Å²) in [4.78, 5) is 2.19. The maximum Gasteiger partial charge on any atom is 0.0667 e. The van der Waals surface area contributed by atoms with E-state index in [0.29, 0.717) is 12.5 Å². The van der Waals surface area contributed by atoms with Crippen molar-refractivity contribution in [2.45, 2.75) is 38.3 Å². The van der Waals surface area contributed by atoms with Gasteiger partial charge in [0.2, 0.25) is 0 Å². The van der Waals surface area contributed by atoms with Crippen LogP contribution in [-0.2, 0) is 0 Å². The summed E-state index contributed by atoms with van der Waals surface area (Å²) >= 11 is 0. The third kappa shape index (κ3) is 2.47. The number of β-amino-alcohol motifs (C(OH)–C–C–N with tert-alkyl or cyclic N) is 1. The normalized spacial score (nSPS) is 27.9. The van der Waals surface area contributed by atoms with Crippen molar-refractivity contribution in [2.75, 3.05) is 13.1 Å². The number of rotatable bonds is 2. The van der Waals surface area contributed by atoms with Gasteiger partial charge in [0.15, 0.2) is 0 Å². The van der Waals surface area contributed by atoms with Crippen molar-refractivity contribution in [3.05, 3.63) is 0 Å². The van der Waals surface area contributed by atoms with Crippen molar-refractivity contribution in [3.8, 4) is 6.07 Å². The number of nitrogens with zero attached hydrogens (tertiary/aromatic N) is 2. The fourth-order valence-corrected chi connectivity index (χ4v) is 1.64. The molecule has 1 aliphatic rings. The van der Waals surface area contributed by atoms with Gasteiger partial charge in [0.05, 0.1) is 18.6 Å². The second kappa shape index (κ2) is 4.44. The lowest BCUT2D eigenvalue weighted by Crippen LogP contribution is -2.43. The second-order valence-electron chi connectivity index (χ2n) is 3.50. The van der Waals surface area contributed by atoms with Crippen LogP contribution >= 0.6 is 0 Å². The predicted octanol–water partition coefficient (Wildman–Crippen LogP) is 0.745. The average Bonchev–Trinajstić information content (AvgIpc) is 2.05. The molecule has 0 radical (unpaired) electrons. The van der Waals surface area contributed by atoms with Crippen LogP contribution in [0.3, 0.4) is 0 Å². The van der Waals surface area contributed by atoms with E-state index in [0.717, 1.165) is 25.9 Å². The zero-order chi connectivity index (χ0) is 8.97. The fourth-order valence-electron chi connectivity index (χ4n) is 1.64. The van der Waals surface area contributed by atoms with Crippen LogP contribution in [0.5, 0.6) is 0 Å². The van der Waals surface area contributed by atoms with E-state index in [1.807, 2.05) is 6.92 Å². The molecule has 1 saturated heterocycles. The molecule has 0 aromatic heterocycles. The lowest BCUT2D eigenvalue weighted by Gasteiger charge is -2.33. The van der Waals surface area contributed by atoms with Crippen molar-refractivity contribution in [2.24, 2.45) is 0 Å². The minimum absolute atomic E-state index is 0.181. The highest BCUT2D eigenvalue weighted by Gasteiger charge is 2.21. The van der Waals surface area contributed by atoms with Crippen molar-refractivity contribution in [1.29, 1.82) is 5.26 Å². The number of nitriles is 1. The molecule has 0 aliphatic carbocycles. The monoisotopic (exact) mass is 168 g/mol. The van der Waals surface area contributed by atoms with Crippen LogP contribution in [0.2, 0.25) is 0 Å². The summed E-state index contributed by atoms with van der Waals surface area (Å²) in [6.45, 7) is 3.81. The Kier molecular flexibility index (Phi) is 3.51. The Morgan fingerprint density at radius 3 is 3.08 bits per heavy atom. The molecule has 0 spiro atoms. The van der Waals surface area contributed by atoms with Gasteiger partial charge in [-0.15, -0.1) is 0 Å². The molecule has 1 fully saturated rings. The number of aliphatic hydroxyl groups is 1. The Morgan fingerprint density at radius 2 is 2.50 bits per heavy atom. The van der Waals surface area contributed by atoms with Gasteiger partial charge in [0.25, 0.3) is 0 Å². The third-order valence-corrected chi connectivity index (χ3v) is 2.44. The fraction of sp³-hybridized carbons (Fsp3) is 0.889. The van der Waals surface area contributed by atoms with Crippen LogP contribution in [-0.4, -0.2) is 35.2 Å². The third-order valence-electron chi connectivity index (χ3n) is 2.44. The minimum atomic E-state index is -0.181. The molecule has 1 aliphatic heterocycles. The SMILES string of the molecule is CC(CC#N)N1CCCC(O)C1. The van der Waals surface area contributed by atoms with Crippen molar-refractivity contribution < 1.29 is 5.11 Å². The maximum atomic E-state index is 9.37. The van der Waals surface area contributed by atoms with Gasteiger partial charge in [-0.1, -0.05) is 0 Å². The minimum Gasteiger partial charge on any atom is -0.392 e. The standard InChI is InChI=1S/C9H16N2O/c1-8(4-5-10)11-6-2-3-9(12)7-11/h8-9,12H,2-4,6-7H2,1H3. The van der Waals surface area contributed by atoms with Gasteiger partial charge in [0, 0.05) is 12.6 Å². The van der Waals surface area contributed by atoms with E-state index >= 15 is 0 Å². The molecule has 2 atom stereocenters. The molecule has 3 heteroatoms. The first-order valence-electron chi connectivity index (χ1n) is 4.53. The first-order valence-corrected chi connectivity index (χ1v) is 4.53. The summed E-state index contributed by atoms with van der Waals surface area (Å²) in [5.74, 6) is 0. The molecule has 0 amide bonds. The van der Waals surface area contributed by atoms with Crippen LogP contribution < -0.4 is 0 Å². The molecule has 1 heterocycles. The molecule has 0 bridgehead atoms. The maximum absolute atomic E-state index is 9.37. The molecule has 0 saturated carbocycles. The van der Waals surface area contributed by atoms with Gasteiger partial charge in [-0.2, -0.15) is 5.26 Å². The van der Waals surface area contributed by atoms with Gasteiger partial charge >= 0.3 is 0 Å². The zero-order valence-electron chi connectivity index (χ0n) is 7.53. The lowest BCUT2D eigenvalue weighted by molar-refractivity contribution is 0.0516. The first kappa shape index (κ1) is 9.50. The summed E-state index contributed by atoms with van der Waals surface area (Å²) in [6, 6.07) is 2.45. The van der Waals surface area contributed by atoms with E-state index in [4.69, 9.17) is 5.26 Å². The molecule has 12 heavy (non-hydrogen) atoms. The van der Waals surface area contributed by atoms with Gasteiger partial charge in [-0.25, -0.2) is 0 Å². The smallest absolute Gasteiger partial charge is 0.0667 e. The molecule has 0 aromatic carbocycles. The Morgan fingerprint density at radius 1 is 1.75 bits per heavy atom. The van der Waals surface area contributed by atoms with Gasteiger partial charge in [0.1, 0.15) is 0 Å². The van der Waals surface area contributed by atoms with Crippen LogP contribution in [0.25, 0.3) is 0 Å². The number of piperidine rings is 1. The number of hydrogen-bond acceptors (Lipinski definition) is 3. The molecule has 1 rings (SSSR count). The van der Waals surface area contributed by atoms with Gasteiger partial charge in [-0.3, -0.25) is 4.90 Å². The second-order valence-corrected chi connectivity index (χ2v) is 3.50. The summed E-state index contributed by atoms with van der Waals surface area (Å²) in [7, 11) is 0. The zero-order valence-corrected chi connectivity index (χ0v) is 7.53. The van der Waals surface area contributed by atoms with E-state index in [2.05, 4.69) is 11.0 Å². The van der Waals surface area contributed by atoms with Crippen LogP contribution in [0.4, 0.5) is 0 Å². The van der Waals surface area contributed by atoms with Crippen molar-refractivity contribution in [1.82, 2.24) is 4.90 Å². The lowest BCUT2D eigenvalue weighted by atomic mass is 10.1. The molecule has 0 aromatic rings. The van der Waals surface area contributed by atoms with Crippen molar-refractivity contribution >= 4 is 0 Å². The Balaban J connectivity index is 2.35. The summed E-state index contributed by atoms with van der Waals surface area (Å²) in [5.41, 5.74) is 0. The molecule has 68 valence electrons. The highest BCUT2D eigenvalue weighted by Crippen LogP contribution is 2.13. The first-order chi connectivity index (χ1) is 5.74. The average molecular weight is 168 g/mol. The van der Waals surface area contributed by atoms with Gasteiger partial charge < -0.3 is 5.11 Å². The van der Waals surface area contributed by atoms with E-state index in [1.54, 1.807) is 0 Å². The Bertz CT molecular complexity index is 176. The quantitative estimate of drug-likeness (QED) is 0.661. The summed E-state index contributed by atoms with van der Waals surface area (Å²) < 4.78 is 0. The number of hydrogen-bond donors (Lipinski definition) is 1. The van der Waals surface area contributed by atoms with E-state index < -0.39 is 0 Å². The molecular weight excluding hydrogens is 152 g/mol. The van der Waals surface area contributed by atoms with E-state index in [-0.39, 0.29) is 6.10 Å². The molecular formula is C9H16N2O. The molecule has 1 N–H and O–H groups in total. The van der Waals surface area contributed by atoms with Crippen LogP contribution in [0, 0.1) is 11.3 Å². The molecule has 3 nitrogen and oxygen atoms in total. The molecule has 2 unspecified atom stereocenters. The summed E-state index contributed by atoms with van der Waals surface area (Å²) in [5, 5.41) is 17.9. The topological polar surface area (TPSA) is 47.3 Å². The van der Waals surface area contributed by atoms with Crippen LogP contribution in [0.15, 0.2) is 0 Å². The highest BCUT2D eigenvalue weighted by atomic mass is 16.3. The summed E-state index contributed by atoms with van der Waals surface area (Å²) in [6.07, 6.45) is 2.35. The largest absolute Gasteiger partial charge is 0.392 e. The predicted molar refractivity (Wildman–Crippen MR) is 46.5 cm³/mol. The Hall–Kier alpha value is -0.590. The van der Waals surface area contributed by atoms with Crippen molar-refractivity contribution in [3.63, 3.8) is 0 Å². The van der Waals surface area contributed by atoms with Crippen LogP contribution in [0.1, 0.15) is 26.2 Å². The Labute approximate surface area is 73.6 Å². The van der Waals surface area contributed by atoms with E-state index in [1.165, 1.54) is 0 Å². The van der Waals surface area contributed by atoms with E-state index in [9.17, 15) is 5.11 Å². The number of aliphatic hydroxyl groups excluding tert-OH is 1. The highest BCUT2D eigenvalue weighted by molar-refractivity contribution is 4.83.